The van der Waals surface area contributed by atoms with Gasteiger partial charge < -0.3 is 9.80 Å². The summed E-state index contributed by atoms with van der Waals surface area (Å²) in [4.78, 5) is 9.47. The number of anilines is 1. The number of rotatable bonds is 1. The number of pyridine rings is 1. The highest BCUT2D eigenvalue weighted by atomic mass is 32.1. The first kappa shape index (κ1) is 11.6. The maximum atomic E-state index is 4.64. The average Bonchev–Trinajstić information content (AvgIpc) is 3.03. The minimum atomic E-state index is 0.703. The van der Waals surface area contributed by atoms with Crippen molar-refractivity contribution in [2.24, 2.45) is 5.92 Å². The summed E-state index contributed by atoms with van der Waals surface area (Å²) in [6.45, 7) is 3.49. The van der Waals surface area contributed by atoms with Crippen LogP contribution in [0.25, 0.3) is 10.2 Å². The summed E-state index contributed by atoms with van der Waals surface area (Å²) >= 11 is 1.57. The van der Waals surface area contributed by atoms with Crippen molar-refractivity contribution in [1.29, 1.82) is 0 Å². The van der Waals surface area contributed by atoms with Crippen LogP contribution in [0.1, 0.15) is 12.8 Å². The molecular formula is C14H18N4S. The molecule has 0 spiro atoms. The molecule has 0 saturated carbocycles. The first-order valence-corrected chi connectivity index (χ1v) is 7.76. The zero-order chi connectivity index (χ0) is 12.8. The van der Waals surface area contributed by atoms with E-state index in [9.17, 15) is 0 Å². The minimum absolute atomic E-state index is 0.703. The van der Waals surface area contributed by atoms with Crippen molar-refractivity contribution in [2.75, 3.05) is 31.6 Å². The Morgan fingerprint density at radius 1 is 1.32 bits per heavy atom. The summed E-state index contributed by atoms with van der Waals surface area (Å²) in [5.41, 5.74) is 1.08. The Morgan fingerprint density at radius 2 is 2.21 bits per heavy atom. The summed E-state index contributed by atoms with van der Waals surface area (Å²) in [5, 5.41) is 0. The van der Waals surface area contributed by atoms with Crippen LogP contribution in [-0.4, -0.2) is 47.0 Å². The maximum Gasteiger partial charge on any atom is 0.168 e. The van der Waals surface area contributed by atoms with Gasteiger partial charge in [0.1, 0.15) is 5.52 Å². The molecule has 2 aliphatic heterocycles. The molecule has 0 bridgehead atoms. The summed E-state index contributed by atoms with van der Waals surface area (Å²) < 4.78 is 5.84. The highest BCUT2D eigenvalue weighted by Gasteiger charge is 2.37. The van der Waals surface area contributed by atoms with Crippen LogP contribution >= 0.6 is 11.5 Å². The predicted molar refractivity (Wildman–Crippen MR) is 78.8 cm³/mol. The van der Waals surface area contributed by atoms with E-state index >= 15 is 0 Å². The van der Waals surface area contributed by atoms with E-state index in [-0.39, 0.29) is 0 Å². The van der Waals surface area contributed by atoms with Gasteiger partial charge in [-0.3, -0.25) is 4.98 Å². The molecule has 5 heteroatoms. The van der Waals surface area contributed by atoms with Gasteiger partial charge in [0.15, 0.2) is 5.82 Å². The van der Waals surface area contributed by atoms with Crippen LogP contribution in [0.15, 0.2) is 18.3 Å². The van der Waals surface area contributed by atoms with Crippen molar-refractivity contribution >= 4 is 27.6 Å². The van der Waals surface area contributed by atoms with Crippen molar-refractivity contribution in [3.8, 4) is 0 Å². The fourth-order valence-corrected chi connectivity index (χ4v) is 4.28. The lowest BCUT2D eigenvalue weighted by atomic mass is 9.92. The molecule has 4 heterocycles. The van der Waals surface area contributed by atoms with Crippen LogP contribution in [0.5, 0.6) is 0 Å². The Bertz CT molecular complexity index is 596. The zero-order valence-corrected chi connectivity index (χ0v) is 11.9. The molecule has 2 aromatic heterocycles. The third-order valence-corrected chi connectivity index (χ3v) is 5.44. The van der Waals surface area contributed by atoms with Gasteiger partial charge in [-0.15, -0.1) is 0 Å². The molecule has 4 rings (SSSR count). The highest BCUT2D eigenvalue weighted by Crippen LogP contribution is 2.35. The Balaban J connectivity index is 1.66. The quantitative estimate of drug-likeness (QED) is 0.798. The van der Waals surface area contributed by atoms with Crippen molar-refractivity contribution in [3.05, 3.63) is 18.3 Å². The lowest BCUT2D eigenvalue weighted by Gasteiger charge is -2.37. The van der Waals surface area contributed by atoms with Crippen LogP contribution in [0.4, 0.5) is 5.82 Å². The fourth-order valence-electron chi connectivity index (χ4n) is 3.52. The van der Waals surface area contributed by atoms with E-state index < -0.39 is 0 Å². The number of piperidine rings is 1. The third-order valence-electron chi connectivity index (χ3n) is 4.65. The monoisotopic (exact) mass is 274 g/mol. The Kier molecular flexibility index (Phi) is 2.70. The van der Waals surface area contributed by atoms with Crippen molar-refractivity contribution in [1.82, 2.24) is 14.3 Å². The second-order valence-corrected chi connectivity index (χ2v) is 6.49. The molecule has 2 atom stereocenters. The standard InChI is InChI=1S/C14H18N4S/c1-17-7-4-10-5-8-18(9-11(10)17)14-13-12(19-16-14)3-2-6-15-13/h2-3,6,10-11H,4-5,7-9H2,1H3/t10-,11+/m1/s1. The zero-order valence-electron chi connectivity index (χ0n) is 11.1. The van der Waals surface area contributed by atoms with Gasteiger partial charge >= 0.3 is 0 Å². The molecule has 2 fully saturated rings. The molecule has 19 heavy (non-hydrogen) atoms. The maximum absolute atomic E-state index is 4.64. The molecule has 0 aromatic carbocycles. The van der Waals surface area contributed by atoms with Crippen LogP contribution < -0.4 is 4.90 Å². The van der Waals surface area contributed by atoms with E-state index in [0.717, 1.165) is 30.3 Å². The summed E-state index contributed by atoms with van der Waals surface area (Å²) in [5.74, 6) is 1.98. The van der Waals surface area contributed by atoms with Crippen molar-refractivity contribution in [3.63, 3.8) is 0 Å². The lowest BCUT2D eigenvalue weighted by molar-refractivity contribution is 0.245. The summed E-state index contributed by atoms with van der Waals surface area (Å²) in [7, 11) is 2.26. The van der Waals surface area contributed by atoms with Crippen LogP contribution in [-0.2, 0) is 0 Å². The van der Waals surface area contributed by atoms with E-state index in [1.54, 1.807) is 11.5 Å². The second-order valence-electron chi connectivity index (χ2n) is 5.69. The van der Waals surface area contributed by atoms with Gasteiger partial charge in [-0.2, -0.15) is 4.37 Å². The van der Waals surface area contributed by atoms with Gasteiger partial charge in [0.05, 0.1) is 4.70 Å². The number of fused-ring (bicyclic) bond motifs is 2. The van der Waals surface area contributed by atoms with Gasteiger partial charge in [0.25, 0.3) is 0 Å². The molecule has 0 radical (unpaired) electrons. The smallest absolute Gasteiger partial charge is 0.168 e. The van der Waals surface area contributed by atoms with E-state index in [1.807, 2.05) is 12.3 Å². The van der Waals surface area contributed by atoms with Crippen molar-refractivity contribution < 1.29 is 0 Å². The molecule has 2 saturated heterocycles. The lowest BCUT2D eigenvalue weighted by Crippen LogP contribution is -2.47. The Hall–Kier alpha value is -1.20. The number of aromatic nitrogens is 2. The first-order chi connectivity index (χ1) is 9.33. The van der Waals surface area contributed by atoms with E-state index in [1.165, 1.54) is 24.1 Å². The van der Waals surface area contributed by atoms with Crippen LogP contribution in [0.3, 0.4) is 0 Å². The molecule has 2 aliphatic rings. The summed E-state index contributed by atoms with van der Waals surface area (Å²) in [6.07, 6.45) is 4.53. The SMILES string of the molecule is CN1CC[C@@H]2CCN(c3nsc4cccnc34)C[C@@H]21. The number of hydrogen-bond donors (Lipinski definition) is 0. The predicted octanol–water partition coefficient (Wildman–Crippen LogP) is 2.22. The second kappa shape index (κ2) is 4.42. The Morgan fingerprint density at radius 3 is 3.16 bits per heavy atom. The van der Waals surface area contributed by atoms with Crippen LogP contribution in [0, 0.1) is 5.92 Å². The van der Waals surface area contributed by atoms with Gasteiger partial charge in [-0.25, -0.2) is 0 Å². The van der Waals surface area contributed by atoms with Crippen molar-refractivity contribution in [2.45, 2.75) is 18.9 Å². The number of hydrogen-bond acceptors (Lipinski definition) is 5. The molecule has 0 aliphatic carbocycles. The normalized spacial score (nSPS) is 27.9. The van der Waals surface area contributed by atoms with E-state index in [2.05, 4.69) is 32.3 Å². The van der Waals surface area contributed by atoms with Crippen LogP contribution in [0.2, 0.25) is 0 Å². The average molecular weight is 274 g/mol. The molecule has 0 unspecified atom stereocenters. The molecule has 4 nitrogen and oxygen atoms in total. The van der Waals surface area contributed by atoms with E-state index in [0.29, 0.717) is 6.04 Å². The number of likely N-dealkylation sites (N-methyl/N-ethyl adjacent to an activating group) is 1. The van der Waals surface area contributed by atoms with Gasteiger partial charge in [0.2, 0.25) is 0 Å². The van der Waals surface area contributed by atoms with Gasteiger partial charge in [-0.1, -0.05) is 0 Å². The topological polar surface area (TPSA) is 32.3 Å². The number of nitrogens with zero attached hydrogens (tertiary/aromatic N) is 4. The third kappa shape index (κ3) is 1.83. The van der Waals surface area contributed by atoms with E-state index in [4.69, 9.17) is 0 Å². The molecule has 0 N–H and O–H groups in total. The Labute approximate surface area is 117 Å². The molecular weight excluding hydrogens is 256 g/mol. The van der Waals surface area contributed by atoms with Gasteiger partial charge in [0, 0.05) is 25.3 Å². The largest absolute Gasteiger partial charge is 0.352 e. The first-order valence-electron chi connectivity index (χ1n) is 6.98. The fraction of sp³-hybridized carbons (Fsp3) is 0.571. The molecule has 2 aromatic rings. The molecule has 0 amide bonds. The summed E-state index contributed by atoms with van der Waals surface area (Å²) in [6, 6.07) is 4.80. The number of likely N-dealkylation sites (tertiary alicyclic amines) is 1. The molecule has 100 valence electrons. The highest BCUT2D eigenvalue weighted by molar-refractivity contribution is 7.13. The van der Waals surface area contributed by atoms with Gasteiger partial charge in [-0.05, 0) is 56.0 Å². The minimum Gasteiger partial charge on any atom is -0.352 e.